The van der Waals surface area contributed by atoms with Crippen molar-refractivity contribution in [2.75, 3.05) is 13.1 Å². The highest BCUT2D eigenvalue weighted by Gasteiger charge is 2.24. The number of hydrogen-bond donors (Lipinski definition) is 1. The normalized spacial score (nSPS) is 16.1. The van der Waals surface area contributed by atoms with Gasteiger partial charge in [-0.1, -0.05) is 42.8 Å². The van der Waals surface area contributed by atoms with E-state index in [1.807, 2.05) is 23.1 Å². The van der Waals surface area contributed by atoms with Crippen LogP contribution in [0.4, 0.5) is 0 Å². The van der Waals surface area contributed by atoms with Crippen LogP contribution in [0.2, 0.25) is 0 Å². The zero-order valence-corrected chi connectivity index (χ0v) is 16.5. The average Bonchev–Trinajstić information content (AvgIpc) is 2.69. The van der Waals surface area contributed by atoms with E-state index in [1.54, 1.807) is 6.20 Å². The van der Waals surface area contributed by atoms with Crippen LogP contribution < -0.4 is 5.32 Å². The SMILES string of the molecule is Cc1cccc(CN(Cc2ccccn2)C(=O)CC(C)C2CCNCC2)c1. The molecule has 27 heavy (non-hydrogen) atoms. The number of hydrogen-bond acceptors (Lipinski definition) is 3. The van der Waals surface area contributed by atoms with Gasteiger partial charge in [-0.2, -0.15) is 0 Å². The lowest BCUT2D eigenvalue weighted by Crippen LogP contribution is -2.35. The van der Waals surface area contributed by atoms with Crippen molar-refractivity contribution in [3.63, 3.8) is 0 Å². The maximum absolute atomic E-state index is 13.2. The van der Waals surface area contributed by atoms with Crippen molar-refractivity contribution in [1.29, 1.82) is 0 Å². The molecule has 1 aromatic carbocycles. The number of carbonyl (C=O) groups is 1. The minimum atomic E-state index is 0.230. The summed E-state index contributed by atoms with van der Waals surface area (Å²) in [7, 11) is 0. The van der Waals surface area contributed by atoms with Gasteiger partial charge < -0.3 is 10.2 Å². The largest absolute Gasteiger partial charge is 0.332 e. The van der Waals surface area contributed by atoms with Crippen molar-refractivity contribution in [1.82, 2.24) is 15.2 Å². The second kappa shape index (κ2) is 9.65. The maximum atomic E-state index is 13.2. The fourth-order valence-corrected chi connectivity index (χ4v) is 3.93. The van der Waals surface area contributed by atoms with Crippen LogP contribution in [-0.2, 0) is 17.9 Å². The lowest BCUT2D eigenvalue weighted by atomic mass is 9.84. The lowest BCUT2D eigenvalue weighted by Gasteiger charge is -2.30. The molecule has 2 heterocycles. The number of rotatable bonds is 7. The molecule has 1 unspecified atom stereocenters. The van der Waals surface area contributed by atoms with Crippen LogP contribution in [0, 0.1) is 18.8 Å². The van der Waals surface area contributed by atoms with Gasteiger partial charge in [-0.15, -0.1) is 0 Å². The summed E-state index contributed by atoms with van der Waals surface area (Å²) in [5.74, 6) is 1.29. The van der Waals surface area contributed by atoms with Gasteiger partial charge in [-0.05, 0) is 62.4 Å². The molecule has 1 aliphatic heterocycles. The smallest absolute Gasteiger partial charge is 0.223 e. The first kappa shape index (κ1) is 19.6. The van der Waals surface area contributed by atoms with Crippen LogP contribution in [0.1, 0.15) is 43.0 Å². The molecule has 0 radical (unpaired) electrons. The molecular weight excluding hydrogens is 334 g/mol. The van der Waals surface area contributed by atoms with Crippen LogP contribution in [0.5, 0.6) is 0 Å². The zero-order valence-electron chi connectivity index (χ0n) is 16.5. The van der Waals surface area contributed by atoms with Crippen LogP contribution in [-0.4, -0.2) is 28.9 Å². The summed E-state index contributed by atoms with van der Waals surface area (Å²) in [6, 6.07) is 14.3. The number of carbonyl (C=O) groups excluding carboxylic acids is 1. The Morgan fingerprint density at radius 3 is 2.70 bits per heavy atom. The molecule has 1 atom stereocenters. The van der Waals surface area contributed by atoms with Gasteiger partial charge in [0.1, 0.15) is 0 Å². The Morgan fingerprint density at radius 2 is 2.00 bits per heavy atom. The molecule has 0 bridgehead atoms. The number of pyridine rings is 1. The second-order valence-electron chi connectivity index (χ2n) is 7.83. The highest BCUT2D eigenvalue weighted by atomic mass is 16.2. The molecule has 1 fully saturated rings. The molecule has 1 amide bonds. The summed E-state index contributed by atoms with van der Waals surface area (Å²) in [4.78, 5) is 19.6. The minimum absolute atomic E-state index is 0.230. The Labute approximate surface area is 163 Å². The fraction of sp³-hybridized carbons (Fsp3) is 0.478. The summed E-state index contributed by atoms with van der Waals surface area (Å²) >= 11 is 0. The van der Waals surface area contributed by atoms with Gasteiger partial charge in [0, 0.05) is 19.2 Å². The molecule has 0 spiro atoms. The van der Waals surface area contributed by atoms with E-state index in [2.05, 4.69) is 48.4 Å². The van der Waals surface area contributed by atoms with Gasteiger partial charge in [0.05, 0.1) is 12.2 Å². The first-order valence-electron chi connectivity index (χ1n) is 10.1. The maximum Gasteiger partial charge on any atom is 0.223 e. The summed E-state index contributed by atoms with van der Waals surface area (Å²) in [5.41, 5.74) is 3.34. The van der Waals surface area contributed by atoms with Gasteiger partial charge in [-0.25, -0.2) is 0 Å². The number of nitrogens with one attached hydrogen (secondary N) is 1. The summed E-state index contributed by atoms with van der Waals surface area (Å²) in [6.07, 6.45) is 4.75. The highest BCUT2D eigenvalue weighted by Crippen LogP contribution is 2.25. The lowest BCUT2D eigenvalue weighted by molar-refractivity contribution is -0.133. The van der Waals surface area contributed by atoms with Crippen molar-refractivity contribution in [3.8, 4) is 0 Å². The summed E-state index contributed by atoms with van der Waals surface area (Å²) in [6.45, 7) is 7.67. The second-order valence-corrected chi connectivity index (χ2v) is 7.83. The van der Waals surface area contributed by atoms with Crippen LogP contribution in [0.25, 0.3) is 0 Å². The Balaban J connectivity index is 1.70. The van der Waals surface area contributed by atoms with Crippen LogP contribution in [0.15, 0.2) is 48.7 Å². The molecule has 0 aliphatic carbocycles. The van der Waals surface area contributed by atoms with Crippen molar-refractivity contribution in [2.24, 2.45) is 11.8 Å². The van der Waals surface area contributed by atoms with E-state index in [-0.39, 0.29) is 5.91 Å². The predicted octanol–water partition coefficient (Wildman–Crippen LogP) is 3.94. The van der Waals surface area contributed by atoms with Crippen LogP contribution >= 0.6 is 0 Å². The number of amides is 1. The van der Waals surface area contributed by atoms with Gasteiger partial charge in [0.2, 0.25) is 5.91 Å². The monoisotopic (exact) mass is 365 g/mol. The number of aromatic nitrogens is 1. The molecule has 2 aromatic rings. The first-order valence-corrected chi connectivity index (χ1v) is 10.1. The molecule has 0 saturated carbocycles. The molecule has 1 saturated heterocycles. The topological polar surface area (TPSA) is 45.2 Å². The van der Waals surface area contributed by atoms with Crippen molar-refractivity contribution in [2.45, 2.75) is 46.2 Å². The predicted molar refractivity (Wildman–Crippen MR) is 109 cm³/mol. The van der Waals surface area contributed by atoms with Crippen molar-refractivity contribution >= 4 is 5.91 Å². The molecule has 144 valence electrons. The van der Waals surface area contributed by atoms with Gasteiger partial charge in [0.25, 0.3) is 0 Å². The van der Waals surface area contributed by atoms with Crippen molar-refractivity contribution < 1.29 is 4.79 Å². The van der Waals surface area contributed by atoms with E-state index in [1.165, 1.54) is 24.0 Å². The van der Waals surface area contributed by atoms with Crippen molar-refractivity contribution in [3.05, 3.63) is 65.5 Å². The van der Waals surface area contributed by atoms with Crippen LogP contribution in [0.3, 0.4) is 0 Å². The molecule has 4 nitrogen and oxygen atoms in total. The Kier molecular flexibility index (Phi) is 6.99. The Hall–Kier alpha value is -2.20. The van der Waals surface area contributed by atoms with E-state index in [0.717, 1.165) is 18.8 Å². The zero-order chi connectivity index (χ0) is 19.1. The third-order valence-corrected chi connectivity index (χ3v) is 5.57. The molecule has 1 aromatic heterocycles. The van der Waals surface area contributed by atoms with Gasteiger partial charge >= 0.3 is 0 Å². The number of nitrogens with zero attached hydrogens (tertiary/aromatic N) is 2. The summed E-state index contributed by atoms with van der Waals surface area (Å²) in [5, 5.41) is 3.41. The molecule has 1 aliphatic rings. The first-order chi connectivity index (χ1) is 13.1. The molecule has 4 heteroatoms. The third kappa shape index (κ3) is 5.90. The third-order valence-electron chi connectivity index (χ3n) is 5.57. The Bertz CT molecular complexity index is 725. The number of aryl methyl sites for hydroxylation is 1. The standard InChI is InChI=1S/C23H31N3O/c1-18-6-5-7-20(14-18)16-26(17-22-8-3-4-11-25-22)23(27)15-19(2)21-9-12-24-13-10-21/h3-8,11,14,19,21,24H,9-10,12-13,15-17H2,1-2H3. The minimum Gasteiger partial charge on any atom is -0.332 e. The quantitative estimate of drug-likeness (QED) is 0.808. The van der Waals surface area contributed by atoms with Gasteiger partial charge in [-0.3, -0.25) is 9.78 Å². The molecule has 1 N–H and O–H groups in total. The van der Waals surface area contributed by atoms with E-state index in [4.69, 9.17) is 0 Å². The van der Waals surface area contributed by atoms with E-state index in [9.17, 15) is 4.79 Å². The molecular formula is C23H31N3O. The summed E-state index contributed by atoms with van der Waals surface area (Å²) < 4.78 is 0. The van der Waals surface area contributed by atoms with E-state index >= 15 is 0 Å². The fourth-order valence-electron chi connectivity index (χ4n) is 3.93. The number of benzene rings is 1. The van der Waals surface area contributed by atoms with E-state index < -0.39 is 0 Å². The number of piperidine rings is 1. The van der Waals surface area contributed by atoms with Gasteiger partial charge in [0.15, 0.2) is 0 Å². The highest BCUT2D eigenvalue weighted by molar-refractivity contribution is 5.76. The average molecular weight is 366 g/mol. The Morgan fingerprint density at radius 1 is 1.19 bits per heavy atom. The molecule has 3 rings (SSSR count). The van der Waals surface area contributed by atoms with E-state index in [0.29, 0.717) is 31.3 Å².